The summed E-state index contributed by atoms with van der Waals surface area (Å²) in [7, 11) is -0.474. The molecule has 0 amide bonds. The molecule has 0 unspecified atom stereocenters. The van der Waals surface area contributed by atoms with Gasteiger partial charge >= 0.3 is 13.4 Å². The van der Waals surface area contributed by atoms with E-state index in [4.69, 9.17) is 26.6 Å². The van der Waals surface area contributed by atoms with Gasteiger partial charge in [-0.15, -0.1) is 8.78 Å². The number of fused-ring (bicyclic) bond motifs is 1. The molecule has 0 spiro atoms. The Morgan fingerprint density at radius 2 is 1.55 bits per heavy atom. The summed E-state index contributed by atoms with van der Waals surface area (Å²) in [5, 5.41) is 0.292. The molecule has 3 heterocycles. The van der Waals surface area contributed by atoms with Crippen molar-refractivity contribution in [1.82, 2.24) is 9.97 Å². The van der Waals surface area contributed by atoms with Crippen molar-refractivity contribution in [1.29, 1.82) is 0 Å². The molecule has 0 radical (unpaired) electrons. The van der Waals surface area contributed by atoms with E-state index >= 15 is 0 Å². The van der Waals surface area contributed by atoms with E-state index < -0.39 is 13.4 Å². The minimum atomic E-state index is -3.59. The van der Waals surface area contributed by atoms with Crippen LogP contribution in [0.2, 0.25) is 5.02 Å². The number of ether oxygens (including phenoxy) is 2. The van der Waals surface area contributed by atoms with E-state index in [1.165, 1.54) is 18.3 Å². The fourth-order valence-electron chi connectivity index (χ4n) is 2.38. The number of rotatable bonds is 1. The molecule has 0 saturated carbocycles. The standard InChI is InChI=1S/C10H16BN3O2.C7H2BrClF2O2/c1-9(2)10(3,4)16-11(15-9)7-5-14-8(12)6-13-7;8-3-1-5-6(2-4(3)9)13-7(10,11)12-5/h5-6H,1-4H3,(H2,12,14);1-2H. The van der Waals surface area contributed by atoms with Crippen LogP contribution in [0.3, 0.4) is 0 Å². The van der Waals surface area contributed by atoms with Crippen molar-refractivity contribution in [3.8, 4) is 11.5 Å². The topological polar surface area (TPSA) is 88.7 Å². The monoisotopic (exact) mass is 491 g/mol. The molecule has 7 nitrogen and oxygen atoms in total. The van der Waals surface area contributed by atoms with E-state index in [9.17, 15) is 8.78 Å². The molecule has 1 aromatic heterocycles. The first-order valence-electron chi connectivity index (χ1n) is 8.48. The molecule has 29 heavy (non-hydrogen) atoms. The smallest absolute Gasteiger partial charge is 0.398 e. The lowest BCUT2D eigenvalue weighted by atomic mass is 9.85. The summed E-state index contributed by atoms with van der Waals surface area (Å²) in [5.74, 6) is 0.305. The number of hydrogen-bond donors (Lipinski definition) is 1. The van der Waals surface area contributed by atoms with Crippen LogP contribution in [-0.2, 0) is 9.31 Å². The van der Waals surface area contributed by atoms with Gasteiger partial charge in [-0.05, 0) is 43.6 Å². The third-order valence-electron chi connectivity index (χ3n) is 4.63. The fraction of sp³-hybridized carbons (Fsp3) is 0.412. The van der Waals surface area contributed by atoms with Crippen LogP contribution in [0.15, 0.2) is 29.0 Å². The maximum absolute atomic E-state index is 12.5. The Balaban J connectivity index is 0.000000169. The predicted octanol–water partition coefficient (Wildman–Crippen LogP) is 3.78. The third kappa shape index (κ3) is 4.74. The van der Waals surface area contributed by atoms with Crippen LogP contribution in [0.25, 0.3) is 0 Å². The molecule has 0 bridgehead atoms. The summed E-state index contributed by atoms with van der Waals surface area (Å²) in [5.41, 5.74) is 5.40. The van der Waals surface area contributed by atoms with Crippen molar-refractivity contribution in [2.24, 2.45) is 0 Å². The van der Waals surface area contributed by atoms with Crippen LogP contribution in [0.4, 0.5) is 14.6 Å². The Kier molecular flexibility index (Phi) is 5.72. The van der Waals surface area contributed by atoms with Gasteiger partial charge in [-0.3, -0.25) is 4.98 Å². The number of nitrogen functional groups attached to an aromatic ring is 1. The van der Waals surface area contributed by atoms with E-state index in [-0.39, 0.29) is 22.7 Å². The number of aromatic nitrogens is 2. The van der Waals surface area contributed by atoms with E-state index in [1.54, 1.807) is 6.20 Å². The Bertz CT molecular complexity index is 869. The Hall–Kier alpha value is -1.69. The lowest BCUT2D eigenvalue weighted by Gasteiger charge is -2.32. The molecular formula is C17H18BBrClF2N3O4. The quantitative estimate of drug-likeness (QED) is 0.606. The van der Waals surface area contributed by atoms with Gasteiger partial charge in [0.05, 0.1) is 28.0 Å². The minimum absolute atomic E-state index is 0.0266. The van der Waals surface area contributed by atoms with Gasteiger partial charge in [0.1, 0.15) is 5.82 Å². The first-order chi connectivity index (χ1) is 13.3. The molecule has 2 aliphatic heterocycles. The molecule has 156 valence electrons. The van der Waals surface area contributed by atoms with Crippen LogP contribution in [0, 0.1) is 0 Å². The molecule has 0 atom stereocenters. The second kappa shape index (κ2) is 7.53. The summed E-state index contributed by atoms with van der Waals surface area (Å²) < 4.78 is 45.5. The number of nitrogens with two attached hydrogens (primary N) is 1. The molecule has 0 aliphatic carbocycles. The highest BCUT2D eigenvalue weighted by molar-refractivity contribution is 9.10. The minimum Gasteiger partial charge on any atom is -0.398 e. The molecule has 2 aromatic rings. The zero-order chi connectivity index (χ0) is 21.6. The maximum atomic E-state index is 12.5. The van der Waals surface area contributed by atoms with E-state index in [0.29, 0.717) is 20.9 Å². The predicted molar refractivity (Wildman–Crippen MR) is 108 cm³/mol. The molecule has 2 aliphatic rings. The van der Waals surface area contributed by atoms with Gasteiger partial charge in [-0.25, -0.2) is 4.98 Å². The third-order valence-corrected chi connectivity index (χ3v) is 5.83. The van der Waals surface area contributed by atoms with Gasteiger partial charge < -0.3 is 24.5 Å². The molecule has 4 rings (SSSR count). The zero-order valence-corrected chi connectivity index (χ0v) is 18.3. The zero-order valence-electron chi connectivity index (χ0n) is 16.0. The van der Waals surface area contributed by atoms with E-state index in [1.807, 2.05) is 27.7 Å². The first-order valence-corrected chi connectivity index (χ1v) is 9.65. The molecular weight excluding hydrogens is 474 g/mol. The van der Waals surface area contributed by atoms with E-state index in [2.05, 4.69) is 35.4 Å². The van der Waals surface area contributed by atoms with Gasteiger partial charge in [0, 0.05) is 22.8 Å². The maximum Gasteiger partial charge on any atom is 0.586 e. The summed E-state index contributed by atoms with van der Waals surface area (Å²) in [6.07, 6.45) is -0.510. The van der Waals surface area contributed by atoms with Crippen molar-refractivity contribution in [2.45, 2.75) is 45.2 Å². The Morgan fingerprint density at radius 3 is 2.07 bits per heavy atom. The molecule has 1 fully saturated rings. The number of nitrogens with zero attached hydrogens (tertiary/aromatic N) is 2. The van der Waals surface area contributed by atoms with Gasteiger partial charge in [0.15, 0.2) is 11.5 Å². The van der Waals surface area contributed by atoms with Crippen molar-refractivity contribution in [2.75, 3.05) is 5.73 Å². The molecule has 2 N–H and O–H groups in total. The molecule has 1 saturated heterocycles. The second-order valence-corrected chi connectivity index (χ2v) is 8.60. The van der Waals surface area contributed by atoms with Crippen LogP contribution >= 0.6 is 27.5 Å². The highest BCUT2D eigenvalue weighted by Gasteiger charge is 2.52. The van der Waals surface area contributed by atoms with Crippen molar-refractivity contribution >= 4 is 46.1 Å². The van der Waals surface area contributed by atoms with E-state index in [0.717, 1.165) is 0 Å². The fourth-order valence-corrected chi connectivity index (χ4v) is 2.86. The summed E-state index contributed by atoms with van der Waals surface area (Å²) in [6.45, 7) is 7.99. The lowest BCUT2D eigenvalue weighted by Crippen LogP contribution is -2.41. The Labute approximate surface area is 180 Å². The first kappa shape index (κ1) is 22.0. The number of alkyl halides is 2. The number of benzene rings is 1. The SMILES string of the molecule is CC1(C)OB(c2cnc(N)cn2)OC1(C)C.FC1(F)Oc2cc(Cl)c(Br)cc2O1. The van der Waals surface area contributed by atoms with Crippen molar-refractivity contribution in [3.63, 3.8) is 0 Å². The average molecular weight is 493 g/mol. The number of hydrogen-bond acceptors (Lipinski definition) is 7. The van der Waals surface area contributed by atoms with Gasteiger partial charge in [-0.1, -0.05) is 11.6 Å². The summed E-state index contributed by atoms with van der Waals surface area (Å²) >= 11 is 8.73. The van der Waals surface area contributed by atoms with Crippen LogP contribution in [0.5, 0.6) is 11.5 Å². The Morgan fingerprint density at radius 1 is 1.00 bits per heavy atom. The summed E-state index contributed by atoms with van der Waals surface area (Å²) in [6, 6.07) is 2.60. The van der Waals surface area contributed by atoms with Gasteiger partial charge in [0.2, 0.25) is 0 Å². The number of anilines is 1. The molecule has 1 aromatic carbocycles. The average Bonchev–Trinajstić information content (AvgIpc) is 2.99. The van der Waals surface area contributed by atoms with Gasteiger partial charge in [0.25, 0.3) is 0 Å². The van der Waals surface area contributed by atoms with Crippen LogP contribution in [0.1, 0.15) is 27.7 Å². The van der Waals surface area contributed by atoms with Crippen molar-refractivity contribution in [3.05, 3.63) is 34.0 Å². The normalized spacial score (nSPS) is 20.2. The highest BCUT2D eigenvalue weighted by atomic mass is 79.9. The molecule has 12 heteroatoms. The van der Waals surface area contributed by atoms with Crippen LogP contribution < -0.4 is 20.8 Å². The highest BCUT2D eigenvalue weighted by Crippen LogP contribution is 2.44. The van der Waals surface area contributed by atoms with Crippen molar-refractivity contribution < 1.29 is 27.6 Å². The largest absolute Gasteiger partial charge is 0.586 e. The summed E-state index contributed by atoms with van der Waals surface area (Å²) in [4.78, 5) is 8.13. The van der Waals surface area contributed by atoms with Crippen LogP contribution in [-0.4, -0.2) is 34.6 Å². The second-order valence-electron chi connectivity index (χ2n) is 7.33. The van der Waals surface area contributed by atoms with Gasteiger partial charge in [-0.2, -0.15) is 0 Å². The number of halogens is 4. The lowest BCUT2D eigenvalue weighted by molar-refractivity contribution is -0.286.